The molecule has 0 atom stereocenters. The van der Waals surface area contributed by atoms with Gasteiger partial charge in [-0.15, -0.1) is 0 Å². The van der Waals surface area contributed by atoms with Crippen molar-refractivity contribution in [1.82, 2.24) is 9.97 Å². The molecule has 0 unspecified atom stereocenters. The van der Waals surface area contributed by atoms with Gasteiger partial charge in [-0.2, -0.15) is 0 Å². The Morgan fingerprint density at radius 3 is 2.80 bits per heavy atom. The van der Waals surface area contributed by atoms with Crippen molar-refractivity contribution < 1.29 is 4.39 Å². The van der Waals surface area contributed by atoms with Crippen LogP contribution in [-0.2, 0) is 6.42 Å². The third kappa shape index (κ3) is 3.01. The van der Waals surface area contributed by atoms with Crippen LogP contribution in [0.1, 0.15) is 18.4 Å². The zero-order valence-corrected chi connectivity index (χ0v) is 13.9. The Hall–Kier alpha value is -2.72. The predicted octanol–water partition coefficient (Wildman–Crippen LogP) is 4.80. The normalized spacial score (nSPS) is 11.4. The fourth-order valence-electron chi connectivity index (χ4n) is 3.38. The molecule has 2 aromatic heterocycles. The third-order valence-electron chi connectivity index (χ3n) is 4.63. The van der Waals surface area contributed by atoms with Gasteiger partial charge in [0, 0.05) is 28.0 Å². The molecule has 3 nitrogen and oxygen atoms in total. The maximum Gasteiger partial charge on any atom is 0.123 e. The van der Waals surface area contributed by atoms with Gasteiger partial charge in [0.05, 0.1) is 11.2 Å². The van der Waals surface area contributed by atoms with E-state index in [2.05, 4.69) is 22.1 Å². The van der Waals surface area contributed by atoms with Gasteiger partial charge in [0.15, 0.2) is 0 Å². The molecule has 0 saturated carbocycles. The minimum atomic E-state index is -0.213. The summed E-state index contributed by atoms with van der Waals surface area (Å²) in [6, 6.07) is 15.1. The first-order valence-electron chi connectivity index (χ1n) is 8.61. The van der Waals surface area contributed by atoms with Gasteiger partial charge in [-0.3, -0.25) is 4.98 Å². The van der Waals surface area contributed by atoms with E-state index in [-0.39, 0.29) is 5.82 Å². The second-order valence-corrected chi connectivity index (χ2v) is 6.33. The van der Waals surface area contributed by atoms with Crippen LogP contribution in [0.3, 0.4) is 0 Å². The monoisotopic (exact) mass is 333 g/mol. The number of hydrogen-bond donors (Lipinski definition) is 2. The number of unbranched alkanes of at least 4 members (excludes halogenated alkanes) is 1. The highest BCUT2D eigenvalue weighted by Gasteiger charge is 2.14. The molecule has 0 radical (unpaired) electrons. The topological polar surface area (TPSA) is 54.7 Å². The number of nitrogens with zero attached hydrogens (tertiary/aromatic N) is 1. The molecule has 0 saturated heterocycles. The van der Waals surface area contributed by atoms with Gasteiger partial charge >= 0.3 is 0 Å². The molecule has 25 heavy (non-hydrogen) atoms. The van der Waals surface area contributed by atoms with Crippen molar-refractivity contribution in [1.29, 1.82) is 0 Å². The summed E-state index contributed by atoms with van der Waals surface area (Å²) in [5.74, 6) is -0.213. The molecular weight excluding hydrogens is 313 g/mol. The number of para-hydroxylation sites is 1. The fourth-order valence-corrected chi connectivity index (χ4v) is 3.38. The van der Waals surface area contributed by atoms with E-state index in [9.17, 15) is 4.39 Å². The Balaban J connectivity index is 1.87. The van der Waals surface area contributed by atoms with Crippen LogP contribution in [0.4, 0.5) is 4.39 Å². The first kappa shape index (κ1) is 15.8. The number of aryl methyl sites for hydroxylation is 1. The highest BCUT2D eigenvalue weighted by molar-refractivity contribution is 5.92. The number of nitrogens with one attached hydrogen (secondary N) is 1. The molecule has 0 bridgehead atoms. The molecular formula is C21H20FN3. The molecule has 126 valence electrons. The Labute approximate surface area is 145 Å². The van der Waals surface area contributed by atoms with Crippen molar-refractivity contribution in [2.45, 2.75) is 19.3 Å². The van der Waals surface area contributed by atoms with E-state index in [0.717, 1.165) is 57.9 Å². The van der Waals surface area contributed by atoms with Gasteiger partial charge in [0.1, 0.15) is 5.82 Å². The van der Waals surface area contributed by atoms with Crippen molar-refractivity contribution >= 4 is 21.8 Å². The van der Waals surface area contributed by atoms with Gasteiger partial charge in [-0.1, -0.05) is 18.2 Å². The van der Waals surface area contributed by atoms with E-state index in [1.54, 1.807) is 12.1 Å². The standard InChI is InChI=1S/C21H20FN3/c22-16-8-9-20-18(12-16)17(6-3-4-10-23)21(25-20)15-11-14-5-1-2-7-19(14)24-13-15/h1-2,5,7-9,11-13,25H,3-4,6,10,23H2. The lowest BCUT2D eigenvalue weighted by Gasteiger charge is -2.06. The van der Waals surface area contributed by atoms with Crippen LogP contribution in [0.5, 0.6) is 0 Å². The number of nitrogens with two attached hydrogens (primary N) is 1. The minimum Gasteiger partial charge on any atom is -0.354 e. The number of H-pyrrole nitrogens is 1. The molecule has 4 rings (SSSR count). The number of fused-ring (bicyclic) bond motifs is 2. The lowest BCUT2D eigenvalue weighted by atomic mass is 10.0. The van der Waals surface area contributed by atoms with E-state index < -0.39 is 0 Å². The zero-order valence-electron chi connectivity index (χ0n) is 13.9. The van der Waals surface area contributed by atoms with E-state index in [0.29, 0.717) is 6.54 Å². The molecule has 2 heterocycles. The Morgan fingerprint density at radius 2 is 1.92 bits per heavy atom. The Bertz CT molecular complexity index is 1040. The highest BCUT2D eigenvalue weighted by Crippen LogP contribution is 2.33. The smallest absolute Gasteiger partial charge is 0.123 e. The van der Waals surface area contributed by atoms with E-state index >= 15 is 0 Å². The number of rotatable bonds is 5. The molecule has 0 spiro atoms. The van der Waals surface area contributed by atoms with Gasteiger partial charge < -0.3 is 10.7 Å². The van der Waals surface area contributed by atoms with Crippen molar-refractivity contribution in [3.05, 3.63) is 66.1 Å². The lowest BCUT2D eigenvalue weighted by molar-refractivity contribution is 0.629. The highest BCUT2D eigenvalue weighted by atomic mass is 19.1. The third-order valence-corrected chi connectivity index (χ3v) is 4.63. The van der Waals surface area contributed by atoms with E-state index in [1.807, 2.05) is 24.4 Å². The molecule has 0 aliphatic carbocycles. The van der Waals surface area contributed by atoms with Crippen molar-refractivity contribution in [3.8, 4) is 11.3 Å². The van der Waals surface area contributed by atoms with Crippen LogP contribution in [-0.4, -0.2) is 16.5 Å². The second-order valence-electron chi connectivity index (χ2n) is 6.33. The van der Waals surface area contributed by atoms with E-state index in [4.69, 9.17) is 5.73 Å². The maximum atomic E-state index is 13.8. The molecule has 2 aromatic carbocycles. The first-order valence-corrected chi connectivity index (χ1v) is 8.61. The summed E-state index contributed by atoms with van der Waals surface area (Å²) >= 11 is 0. The summed E-state index contributed by atoms with van der Waals surface area (Å²) < 4.78 is 13.8. The van der Waals surface area contributed by atoms with Gasteiger partial charge in [-0.25, -0.2) is 4.39 Å². The summed E-state index contributed by atoms with van der Waals surface area (Å²) in [5, 5.41) is 2.04. The number of hydrogen-bond acceptors (Lipinski definition) is 2. The van der Waals surface area contributed by atoms with Crippen molar-refractivity contribution in [2.24, 2.45) is 5.73 Å². The number of benzene rings is 2. The summed E-state index contributed by atoms with van der Waals surface area (Å²) in [6.45, 7) is 0.670. The van der Waals surface area contributed by atoms with Gasteiger partial charge in [0.2, 0.25) is 0 Å². The molecule has 0 aliphatic heterocycles. The summed E-state index contributed by atoms with van der Waals surface area (Å²) in [6.07, 6.45) is 4.68. The minimum absolute atomic E-state index is 0.213. The molecule has 0 amide bonds. The average molecular weight is 333 g/mol. The number of pyridine rings is 1. The maximum absolute atomic E-state index is 13.8. The summed E-state index contributed by atoms with van der Waals surface area (Å²) in [4.78, 5) is 8.03. The van der Waals surface area contributed by atoms with Crippen LogP contribution >= 0.6 is 0 Å². The fraction of sp³-hybridized carbons (Fsp3) is 0.190. The number of aromatic nitrogens is 2. The Morgan fingerprint density at radius 1 is 1.04 bits per heavy atom. The first-order chi connectivity index (χ1) is 12.3. The summed E-state index contributed by atoms with van der Waals surface area (Å²) in [5.41, 5.74) is 10.7. The largest absolute Gasteiger partial charge is 0.354 e. The number of halogens is 1. The van der Waals surface area contributed by atoms with Crippen LogP contribution in [0.25, 0.3) is 33.1 Å². The van der Waals surface area contributed by atoms with E-state index in [1.165, 1.54) is 6.07 Å². The summed E-state index contributed by atoms with van der Waals surface area (Å²) in [7, 11) is 0. The van der Waals surface area contributed by atoms with Gasteiger partial charge in [-0.05, 0) is 61.7 Å². The quantitative estimate of drug-likeness (QED) is 0.515. The predicted molar refractivity (Wildman–Crippen MR) is 101 cm³/mol. The van der Waals surface area contributed by atoms with Crippen LogP contribution in [0.2, 0.25) is 0 Å². The lowest BCUT2D eigenvalue weighted by Crippen LogP contribution is -1.99. The zero-order chi connectivity index (χ0) is 17.2. The van der Waals surface area contributed by atoms with Gasteiger partial charge in [0.25, 0.3) is 0 Å². The molecule has 0 aliphatic rings. The Kier molecular flexibility index (Phi) is 4.20. The molecule has 3 N–H and O–H groups in total. The average Bonchev–Trinajstić information content (AvgIpc) is 2.99. The van der Waals surface area contributed by atoms with Crippen LogP contribution in [0, 0.1) is 5.82 Å². The van der Waals surface area contributed by atoms with Crippen molar-refractivity contribution in [3.63, 3.8) is 0 Å². The molecule has 0 fully saturated rings. The molecule has 4 aromatic rings. The second kappa shape index (κ2) is 6.65. The van der Waals surface area contributed by atoms with Crippen molar-refractivity contribution in [2.75, 3.05) is 6.54 Å². The number of aromatic amines is 1. The van der Waals surface area contributed by atoms with Crippen LogP contribution < -0.4 is 5.73 Å². The van der Waals surface area contributed by atoms with Crippen LogP contribution in [0.15, 0.2) is 54.7 Å². The SMILES string of the molecule is NCCCCc1c(-c2cnc3ccccc3c2)[nH]c2ccc(F)cc12. The molecule has 4 heteroatoms.